The zero-order chi connectivity index (χ0) is 20.6. The van der Waals surface area contributed by atoms with E-state index in [9.17, 15) is 27.6 Å². The Morgan fingerprint density at radius 3 is 2.21 bits per heavy atom. The number of imide groups is 1. The highest BCUT2D eigenvalue weighted by Gasteiger charge is 2.42. The molecule has 0 aliphatic carbocycles. The summed E-state index contributed by atoms with van der Waals surface area (Å²) in [5.41, 5.74) is 0.417. The van der Waals surface area contributed by atoms with Gasteiger partial charge in [-0.2, -0.15) is 0 Å². The molecule has 1 saturated heterocycles. The minimum Gasteiger partial charge on any atom is -0.451 e. The number of nitrogens with one attached hydrogen (secondary N) is 1. The topological polar surface area (TPSA) is 127 Å². The van der Waals surface area contributed by atoms with Gasteiger partial charge in [0.15, 0.2) is 15.9 Å². The first-order chi connectivity index (χ1) is 13.1. The van der Waals surface area contributed by atoms with Crippen LogP contribution in [0.2, 0.25) is 0 Å². The van der Waals surface area contributed by atoms with E-state index in [0.717, 1.165) is 4.90 Å². The number of sulfone groups is 1. The molecule has 0 bridgehead atoms. The third kappa shape index (κ3) is 3.77. The van der Waals surface area contributed by atoms with Gasteiger partial charge in [-0.05, 0) is 32.4 Å². The quantitative estimate of drug-likeness (QED) is 0.533. The first-order valence-corrected chi connectivity index (χ1v) is 10.6. The van der Waals surface area contributed by atoms with Crippen LogP contribution in [0, 0.1) is 0 Å². The highest BCUT2D eigenvalue weighted by atomic mass is 32.2. The summed E-state index contributed by atoms with van der Waals surface area (Å²) in [6.07, 6.45) is -0.895. The second-order valence-corrected chi connectivity index (χ2v) is 9.12. The summed E-state index contributed by atoms with van der Waals surface area (Å²) in [5, 5.41) is 2.54. The molecule has 3 atom stereocenters. The lowest BCUT2D eigenvalue weighted by Gasteiger charge is -2.23. The Kier molecular flexibility index (Phi) is 5.24. The van der Waals surface area contributed by atoms with Gasteiger partial charge in [-0.3, -0.25) is 19.3 Å². The standard InChI is InChI=1S/C18H20N2O7S/c1-10(20-16(22)13-5-3-4-6-14(13)17(20)23)18(24)27-11(2)15(21)19-12-7-8-28(25,26)9-12/h3-6,10-12H,7-9H2,1-2H3,(H,19,21). The Morgan fingerprint density at radius 1 is 1.14 bits per heavy atom. The Labute approximate surface area is 161 Å². The van der Waals surface area contributed by atoms with Crippen LogP contribution < -0.4 is 5.32 Å². The number of hydrogen-bond donors (Lipinski definition) is 1. The van der Waals surface area contributed by atoms with E-state index in [1.165, 1.54) is 26.0 Å². The fourth-order valence-electron chi connectivity index (χ4n) is 3.22. The van der Waals surface area contributed by atoms with E-state index >= 15 is 0 Å². The smallest absolute Gasteiger partial charge is 0.329 e. The summed E-state index contributed by atoms with van der Waals surface area (Å²) in [6.45, 7) is 2.68. The lowest BCUT2D eigenvalue weighted by Crippen LogP contribution is -2.47. The molecule has 3 amide bonds. The maximum Gasteiger partial charge on any atom is 0.329 e. The largest absolute Gasteiger partial charge is 0.451 e. The fraction of sp³-hybridized carbons (Fsp3) is 0.444. The number of amides is 3. The monoisotopic (exact) mass is 408 g/mol. The van der Waals surface area contributed by atoms with Gasteiger partial charge in [-0.1, -0.05) is 12.1 Å². The van der Waals surface area contributed by atoms with Crippen LogP contribution in [0.15, 0.2) is 24.3 Å². The molecule has 1 N–H and O–H groups in total. The van der Waals surface area contributed by atoms with E-state index < -0.39 is 51.7 Å². The molecule has 1 aromatic rings. The van der Waals surface area contributed by atoms with Crippen LogP contribution in [0.1, 0.15) is 41.0 Å². The van der Waals surface area contributed by atoms with Gasteiger partial charge in [-0.25, -0.2) is 13.2 Å². The fourth-order valence-corrected chi connectivity index (χ4v) is 4.89. The number of ether oxygens (including phenoxy) is 1. The molecular weight excluding hydrogens is 388 g/mol. The van der Waals surface area contributed by atoms with Gasteiger partial charge in [0.25, 0.3) is 17.7 Å². The summed E-state index contributed by atoms with van der Waals surface area (Å²) < 4.78 is 28.0. The van der Waals surface area contributed by atoms with Gasteiger partial charge in [0.2, 0.25) is 0 Å². The molecule has 0 radical (unpaired) electrons. The van der Waals surface area contributed by atoms with E-state index in [1.54, 1.807) is 12.1 Å². The van der Waals surface area contributed by atoms with Crippen LogP contribution in [0.3, 0.4) is 0 Å². The number of benzene rings is 1. The molecule has 1 fully saturated rings. The maximum atomic E-state index is 12.4. The number of nitrogens with zero attached hydrogens (tertiary/aromatic N) is 1. The van der Waals surface area contributed by atoms with Crippen LogP contribution in [-0.4, -0.2) is 66.7 Å². The molecule has 0 aromatic heterocycles. The van der Waals surface area contributed by atoms with Gasteiger partial charge in [0, 0.05) is 6.04 Å². The number of hydrogen-bond acceptors (Lipinski definition) is 7. The van der Waals surface area contributed by atoms with E-state index in [1.807, 2.05) is 0 Å². The van der Waals surface area contributed by atoms with Crippen molar-refractivity contribution in [1.29, 1.82) is 0 Å². The van der Waals surface area contributed by atoms with Gasteiger partial charge in [0.1, 0.15) is 6.04 Å². The Morgan fingerprint density at radius 2 is 1.71 bits per heavy atom. The van der Waals surface area contributed by atoms with Crippen LogP contribution in [0.4, 0.5) is 0 Å². The van der Waals surface area contributed by atoms with E-state index in [2.05, 4.69) is 5.32 Å². The average molecular weight is 408 g/mol. The molecule has 3 unspecified atom stereocenters. The molecule has 0 spiro atoms. The molecular formula is C18H20N2O7S. The van der Waals surface area contributed by atoms with E-state index in [0.29, 0.717) is 6.42 Å². The predicted molar refractivity (Wildman–Crippen MR) is 97.2 cm³/mol. The van der Waals surface area contributed by atoms with Gasteiger partial charge in [0.05, 0.1) is 22.6 Å². The number of esters is 1. The molecule has 1 aromatic carbocycles. The van der Waals surface area contributed by atoms with Crippen molar-refractivity contribution in [3.63, 3.8) is 0 Å². The summed E-state index contributed by atoms with van der Waals surface area (Å²) in [6, 6.07) is 4.50. The van der Waals surface area contributed by atoms with Gasteiger partial charge >= 0.3 is 5.97 Å². The minimum atomic E-state index is -3.16. The molecule has 2 heterocycles. The van der Waals surface area contributed by atoms with Crippen molar-refractivity contribution in [2.75, 3.05) is 11.5 Å². The molecule has 0 saturated carbocycles. The normalized spacial score (nSPS) is 22.5. The second kappa shape index (κ2) is 7.34. The third-order valence-electron chi connectivity index (χ3n) is 4.79. The number of carbonyl (C=O) groups excluding carboxylic acids is 4. The molecule has 3 rings (SSSR count). The first-order valence-electron chi connectivity index (χ1n) is 8.79. The van der Waals surface area contributed by atoms with E-state index in [4.69, 9.17) is 4.74 Å². The summed E-state index contributed by atoms with van der Waals surface area (Å²) in [4.78, 5) is 50.2. The van der Waals surface area contributed by atoms with Crippen molar-refractivity contribution in [1.82, 2.24) is 10.2 Å². The van der Waals surface area contributed by atoms with Crippen molar-refractivity contribution in [2.24, 2.45) is 0 Å². The first kappa shape index (κ1) is 20.0. The number of carbonyl (C=O) groups is 4. The number of fused-ring (bicyclic) bond motifs is 1. The van der Waals surface area contributed by atoms with Gasteiger partial charge in [-0.15, -0.1) is 0 Å². The SMILES string of the molecule is CC(OC(=O)C(C)N1C(=O)c2ccccc2C1=O)C(=O)NC1CCS(=O)(=O)C1. The van der Waals surface area contributed by atoms with Crippen molar-refractivity contribution < 1.29 is 32.3 Å². The third-order valence-corrected chi connectivity index (χ3v) is 6.56. The summed E-state index contributed by atoms with van der Waals surface area (Å²) in [5.74, 6) is -2.88. The maximum absolute atomic E-state index is 12.4. The lowest BCUT2D eigenvalue weighted by atomic mass is 10.1. The Bertz CT molecular complexity index is 921. The molecule has 9 nitrogen and oxygen atoms in total. The zero-order valence-electron chi connectivity index (χ0n) is 15.4. The zero-order valence-corrected chi connectivity index (χ0v) is 16.2. The van der Waals surface area contributed by atoms with E-state index in [-0.39, 0.29) is 22.6 Å². The summed E-state index contributed by atoms with van der Waals surface area (Å²) in [7, 11) is -3.16. The molecule has 2 aliphatic rings. The number of rotatable bonds is 5. The highest BCUT2D eigenvalue weighted by molar-refractivity contribution is 7.91. The average Bonchev–Trinajstić information content (AvgIpc) is 3.11. The van der Waals surface area contributed by atoms with Gasteiger partial charge < -0.3 is 10.1 Å². The van der Waals surface area contributed by atoms with Crippen molar-refractivity contribution in [3.8, 4) is 0 Å². The highest BCUT2D eigenvalue weighted by Crippen LogP contribution is 2.25. The molecule has 2 aliphatic heterocycles. The van der Waals surface area contributed by atoms with Crippen LogP contribution in [0.25, 0.3) is 0 Å². The van der Waals surface area contributed by atoms with Crippen LogP contribution >= 0.6 is 0 Å². The van der Waals surface area contributed by atoms with Crippen LogP contribution in [-0.2, 0) is 24.2 Å². The van der Waals surface area contributed by atoms with Crippen molar-refractivity contribution in [3.05, 3.63) is 35.4 Å². The summed E-state index contributed by atoms with van der Waals surface area (Å²) >= 11 is 0. The molecule has 28 heavy (non-hydrogen) atoms. The van der Waals surface area contributed by atoms with Crippen molar-refractivity contribution >= 4 is 33.5 Å². The lowest BCUT2D eigenvalue weighted by molar-refractivity contribution is -0.158. The molecule has 150 valence electrons. The van der Waals surface area contributed by atoms with Crippen LogP contribution in [0.5, 0.6) is 0 Å². The molecule has 10 heteroatoms. The second-order valence-electron chi connectivity index (χ2n) is 6.89. The Balaban J connectivity index is 1.61. The predicted octanol–water partition coefficient (Wildman–Crippen LogP) is -0.0939. The van der Waals surface area contributed by atoms with Crippen molar-refractivity contribution in [2.45, 2.75) is 38.5 Å². The Hall–Kier alpha value is -2.75. The minimum absolute atomic E-state index is 0.00287.